The first kappa shape index (κ1) is 19.4. The van der Waals surface area contributed by atoms with E-state index in [1.807, 2.05) is 0 Å². The third-order valence-electron chi connectivity index (χ3n) is 2.04. The van der Waals surface area contributed by atoms with Crippen molar-refractivity contribution in [3.63, 3.8) is 0 Å². The van der Waals surface area contributed by atoms with Crippen LogP contribution < -0.4 is 0 Å². The number of unbranched alkanes of at least 4 members (excludes halogenated alkanes) is 3. The minimum atomic E-state index is 0. The summed E-state index contributed by atoms with van der Waals surface area (Å²) in [4.78, 5) is 0. The molecule has 13 heavy (non-hydrogen) atoms. The zero-order chi connectivity index (χ0) is 9.82. The summed E-state index contributed by atoms with van der Waals surface area (Å²) in [6, 6.07) is 0. The second-order valence-corrected chi connectivity index (χ2v) is 3.12. The monoisotopic (exact) mass is 194 g/mol. The summed E-state index contributed by atoms with van der Waals surface area (Å²) in [6.45, 7) is 13.5. The molecular formula is C12H26Mg. The van der Waals surface area contributed by atoms with Crippen LogP contribution in [0.15, 0.2) is 0 Å². The van der Waals surface area contributed by atoms with Gasteiger partial charge in [0.05, 0.1) is 0 Å². The molecule has 76 valence electrons. The number of rotatable bonds is 6. The van der Waals surface area contributed by atoms with Crippen molar-refractivity contribution in [3.8, 4) is 0 Å². The van der Waals surface area contributed by atoms with E-state index in [0.717, 1.165) is 0 Å². The Bertz CT molecular complexity index is 62.1. The van der Waals surface area contributed by atoms with E-state index in [1.165, 1.54) is 38.5 Å². The van der Waals surface area contributed by atoms with Crippen LogP contribution in [0.3, 0.4) is 0 Å². The molecule has 0 aromatic rings. The quantitative estimate of drug-likeness (QED) is 0.336. The molecule has 0 rings (SSSR count). The zero-order valence-electron chi connectivity index (χ0n) is 9.94. The summed E-state index contributed by atoms with van der Waals surface area (Å²) in [7, 11) is 0. The molecule has 0 saturated heterocycles. The molecule has 0 bridgehead atoms. The summed E-state index contributed by atoms with van der Waals surface area (Å²) < 4.78 is 0. The molecular weight excluding hydrogens is 168 g/mol. The van der Waals surface area contributed by atoms with E-state index < -0.39 is 0 Å². The maximum absolute atomic E-state index is 4.05. The van der Waals surface area contributed by atoms with Crippen molar-refractivity contribution in [1.82, 2.24) is 0 Å². The van der Waals surface area contributed by atoms with Crippen LogP contribution in [0.5, 0.6) is 0 Å². The minimum Gasteiger partial charge on any atom is -0.346 e. The van der Waals surface area contributed by atoms with E-state index in [-0.39, 0.29) is 23.1 Å². The van der Waals surface area contributed by atoms with Gasteiger partial charge in [0.15, 0.2) is 0 Å². The van der Waals surface area contributed by atoms with Crippen molar-refractivity contribution in [2.24, 2.45) is 5.92 Å². The molecule has 0 spiro atoms. The summed E-state index contributed by atoms with van der Waals surface area (Å²) in [5.74, 6) is 0.705. The SMILES string of the molecule is [CH2-]C.[CH2-]C(CC)CCCCCC.[Mg+2]. The molecule has 0 nitrogen and oxygen atoms in total. The molecule has 0 aliphatic heterocycles. The predicted octanol–water partition coefficient (Wildman–Crippen LogP) is 4.28. The van der Waals surface area contributed by atoms with Crippen molar-refractivity contribution in [1.29, 1.82) is 0 Å². The Hall–Kier alpha value is 0.766. The van der Waals surface area contributed by atoms with Gasteiger partial charge < -0.3 is 13.8 Å². The van der Waals surface area contributed by atoms with Gasteiger partial charge in [-0.3, -0.25) is 0 Å². The van der Waals surface area contributed by atoms with Gasteiger partial charge in [-0.2, -0.15) is 12.8 Å². The second-order valence-electron chi connectivity index (χ2n) is 3.12. The molecule has 0 aliphatic carbocycles. The van der Waals surface area contributed by atoms with Gasteiger partial charge in [0.2, 0.25) is 0 Å². The molecule has 0 fully saturated rings. The first-order chi connectivity index (χ1) is 5.81. The maximum atomic E-state index is 4.05. The van der Waals surface area contributed by atoms with Gasteiger partial charge in [0.1, 0.15) is 0 Å². The Morgan fingerprint density at radius 1 is 1.00 bits per heavy atom. The fraction of sp³-hybridized carbons (Fsp3) is 0.833. The van der Waals surface area contributed by atoms with Crippen LogP contribution >= 0.6 is 0 Å². The van der Waals surface area contributed by atoms with Gasteiger partial charge >= 0.3 is 23.1 Å². The normalized spacial score (nSPS) is 10.8. The number of hydrogen-bond acceptors (Lipinski definition) is 0. The van der Waals surface area contributed by atoms with E-state index in [9.17, 15) is 0 Å². The Morgan fingerprint density at radius 3 is 1.92 bits per heavy atom. The van der Waals surface area contributed by atoms with Crippen LogP contribution in [0.25, 0.3) is 0 Å². The second kappa shape index (κ2) is 18.5. The van der Waals surface area contributed by atoms with Crippen molar-refractivity contribution in [2.45, 2.75) is 59.3 Å². The summed E-state index contributed by atoms with van der Waals surface area (Å²) in [5, 5.41) is 0. The van der Waals surface area contributed by atoms with Gasteiger partial charge in [-0.1, -0.05) is 52.4 Å². The molecule has 0 aromatic carbocycles. The molecule has 0 saturated carbocycles. The molecule has 0 amide bonds. The predicted molar refractivity (Wildman–Crippen MR) is 64.7 cm³/mol. The summed E-state index contributed by atoms with van der Waals surface area (Å²) >= 11 is 0. The van der Waals surface area contributed by atoms with Gasteiger partial charge in [-0.25, -0.2) is 0 Å². The molecule has 0 radical (unpaired) electrons. The fourth-order valence-electron chi connectivity index (χ4n) is 1.06. The van der Waals surface area contributed by atoms with Gasteiger partial charge in [-0.15, -0.1) is 0 Å². The van der Waals surface area contributed by atoms with Crippen molar-refractivity contribution < 1.29 is 0 Å². The number of hydrogen-bond donors (Lipinski definition) is 0. The molecule has 0 aromatic heterocycles. The van der Waals surface area contributed by atoms with Crippen LogP contribution in [-0.2, 0) is 0 Å². The topological polar surface area (TPSA) is 0 Å². The fourth-order valence-corrected chi connectivity index (χ4v) is 1.06. The van der Waals surface area contributed by atoms with Crippen LogP contribution in [0, 0.1) is 19.8 Å². The van der Waals surface area contributed by atoms with Gasteiger partial charge in [-0.05, 0) is 0 Å². The smallest absolute Gasteiger partial charge is 0.346 e. The summed E-state index contributed by atoms with van der Waals surface area (Å²) in [6.07, 6.45) is 8.10. The minimum absolute atomic E-state index is 0. The molecule has 1 heteroatoms. The third-order valence-corrected chi connectivity index (χ3v) is 2.04. The van der Waals surface area contributed by atoms with Crippen molar-refractivity contribution in [3.05, 3.63) is 13.8 Å². The average Bonchev–Trinajstić information content (AvgIpc) is 2.15. The van der Waals surface area contributed by atoms with Crippen LogP contribution in [-0.4, -0.2) is 23.1 Å². The van der Waals surface area contributed by atoms with E-state index >= 15 is 0 Å². The third kappa shape index (κ3) is 19.3. The van der Waals surface area contributed by atoms with E-state index in [2.05, 4.69) is 27.7 Å². The van der Waals surface area contributed by atoms with Crippen LogP contribution in [0.1, 0.15) is 59.3 Å². The Kier molecular flexibility index (Phi) is 27.6. The van der Waals surface area contributed by atoms with Crippen molar-refractivity contribution >= 4 is 23.1 Å². The Morgan fingerprint density at radius 2 is 1.54 bits per heavy atom. The van der Waals surface area contributed by atoms with Gasteiger partial charge in [0.25, 0.3) is 0 Å². The van der Waals surface area contributed by atoms with E-state index in [4.69, 9.17) is 0 Å². The molecule has 0 aliphatic rings. The Balaban J connectivity index is -0.000000309. The first-order valence-corrected chi connectivity index (χ1v) is 5.35. The standard InChI is InChI=1S/C10H21.C2H5.Mg/c1-4-6-7-8-9-10(3)5-2;1-2;/h10H,3-9H2,1-2H3;1H2,2H3;/q2*-1;+2. The first-order valence-electron chi connectivity index (χ1n) is 5.35. The van der Waals surface area contributed by atoms with E-state index in [1.54, 1.807) is 6.92 Å². The molecule has 1 atom stereocenters. The van der Waals surface area contributed by atoms with Crippen molar-refractivity contribution in [2.75, 3.05) is 0 Å². The molecule has 1 unspecified atom stereocenters. The average molecular weight is 195 g/mol. The maximum Gasteiger partial charge on any atom is 2.00 e. The molecule has 0 heterocycles. The molecule has 0 N–H and O–H groups in total. The summed E-state index contributed by atoms with van der Waals surface area (Å²) in [5.41, 5.74) is 0. The van der Waals surface area contributed by atoms with E-state index in [0.29, 0.717) is 5.92 Å². The Labute approximate surface area is 102 Å². The van der Waals surface area contributed by atoms with Crippen LogP contribution in [0.4, 0.5) is 0 Å². The zero-order valence-corrected chi connectivity index (χ0v) is 11.4. The van der Waals surface area contributed by atoms with Gasteiger partial charge in [0, 0.05) is 0 Å². The largest absolute Gasteiger partial charge is 2.00 e. The van der Waals surface area contributed by atoms with Crippen LogP contribution in [0.2, 0.25) is 0 Å².